The molecule has 0 amide bonds. The number of rotatable bonds is 24. The standard InChI is InChI=1S/2C19H45Si3.Lu/c2*1-10-20(11-2,12-3)19(21(13-4,14-5)15-6)22(16-7,17-8)18-9;/h2*10-18H2,1-9H3;/q2*-1;. The van der Waals surface area contributed by atoms with E-state index in [-0.39, 0.29) is 36.9 Å². The summed E-state index contributed by atoms with van der Waals surface area (Å²) in [4.78, 5) is 4.75. The summed E-state index contributed by atoms with van der Waals surface area (Å²) in [5.74, 6) is 0. The Hall–Kier alpha value is 2.54. The van der Waals surface area contributed by atoms with Gasteiger partial charge < -0.3 is 9.58 Å². The Morgan fingerprint density at radius 3 is 0.311 bits per heavy atom. The van der Waals surface area contributed by atoms with Crippen LogP contribution in [0.4, 0.5) is 0 Å². The molecule has 0 spiro atoms. The van der Waals surface area contributed by atoms with Crippen molar-refractivity contribution in [1.82, 2.24) is 0 Å². The molecule has 283 valence electrons. The van der Waals surface area contributed by atoms with Gasteiger partial charge in [0.1, 0.15) is 0 Å². The monoisotopic (exact) mass is 890 g/mol. The minimum atomic E-state index is -1.20. The van der Waals surface area contributed by atoms with Crippen molar-refractivity contribution in [2.75, 3.05) is 0 Å². The van der Waals surface area contributed by atoms with Crippen molar-refractivity contribution in [3.63, 3.8) is 0 Å². The van der Waals surface area contributed by atoms with E-state index in [9.17, 15) is 0 Å². The van der Waals surface area contributed by atoms with Gasteiger partial charge in [-0.15, -0.1) is 0 Å². The van der Waals surface area contributed by atoms with E-state index in [1.54, 1.807) is 0 Å². The van der Waals surface area contributed by atoms with Crippen LogP contribution in [0.25, 0.3) is 0 Å². The average Bonchev–Trinajstić information content (AvgIpc) is 3.10. The maximum Gasteiger partial charge on any atom is 0 e. The zero-order valence-corrected chi connectivity index (χ0v) is 42.6. The quantitative estimate of drug-likeness (QED) is 0.0669. The van der Waals surface area contributed by atoms with Gasteiger partial charge in [-0.25, -0.2) is 0 Å². The Labute approximate surface area is 325 Å². The molecule has 0 unspecified atom stereocenters. The smallest absolute Gasteiger partial charge is 0 e. The summed E-state index contributed by atoms with van der Waals surface area (Å²) in [6.45, 7) is 45.7. The molecule has 0 aromatic rings. The molecule has 0 aliphatic carbocycles. The Morgan fingerprint density at radius 2 is 0.267 bits per heavy atom. The molecule has 0 aromatic carbocycles. The third-order valence-electron chi connectivity index (χ3n) is 15.4. The molecule has 0 rings (SSSR count). The van der Waals surface area contributed by atoms with Crippen molar-refractivity contribution >= 4 is 48.4 Å². The normalized spacial score (nSPS) is 13.6. The molecule has 0 aliphatic rings. The topological polar surface area (TPSA) is 0 Å². The zero-order valence-electron chi connectivity index (χ0n) is 35.0. The zero-order chi connectivity index (χ0) is 34.9. The largest absolute Gasteiger partial charge is 0.309 e. The van der Waals surface area contributed by atoms with Gasteiger partial charge in [-0.3, -0.25) is 0 Å². The van der Waals surface area contributed by atoms with Crippen LogP contribution >= 0.6 is 0 Å². The molecule has 0 saturated heterocycles. The van der Waals surface area contributed by atoms with Crippen molar-refractivity contribution in [2.24, 2.45) is 0 Å². The van der Waals surface area contributed by atoms with Crippen molar-refractivity contribution in [3.05, 3.63) is 9.58 Å². The van der Waals surface area contributed by atoms with Crippen LogP contribution in [0, 0.1) is 46.5 Å². The molecule has 0 N–H and O–H groups in total. The minimum Gasteiger partial charge on any atom is -0.309 e. The van der Waals surface area contributed by atoms with E-state index >= 15 is 0 Å². The molecular formula is C38H90LuSi6-2. The molecule has 0 nitrogen and oxygen atoms in total. The van der Waals surface area contributed by atoms with Gasteiger partial charge >= 0.3 is 0 Å². The van der Waals surface area contributed by atoms with Gasteiger partial charge in [-0.1, -0.05) is 282 Å². The molecule has 0 fully saturated rings. The molecule has 0 aliphatic heterocycles. The first kappa shape index (κ1) is 51.9. The first-order chi connectivity index (χ1) is 20.8. The summed E-state index contributed by atoms with van der Waals surface area (Å²) in [6.07, 6.45) is 0. The van der Waals surface area contributed by atoms with Crippen LogP contribution in [0.1, 0.15) is 125 Å². The van der Waals surface area contributed by atoms with E-state index < -0.39 is 48.4 Å². The van der Waals surface area contributed by atoms with Crippen molar-refractivity contribution < 1.29 is 36.9 Å². The van der Waals surface area contributed by atoms with Crippen molar-refractivity contribution in [2.45, 2.75) is 233 Å². The first-order valence-corrected chi connectivity index (χ1v) is 36.3. The molecule has 0 aromatic heterocycles. The fraction of sp³-hybridized carbons (Fsp3) is 0.947. The van der Waals surface area contributed by atoms with Gasteiger partial charge in [-0.2, -0.15) is 0 Å². The molecular weight excluding hydrogens is 800 g/mol. The molecule has 0 saturated carbocycles. The molecule has 1 radical (unpaired) electrons. The predicted molar refractivity (Wildman–Crippen MR) is 230 cm³/mol. The Kier molecular flexibility index (Phi) is 28.5. The molecule has 0 bridgehead atoms. The van der Waals surface area contributed by atoms with Gasteiger partial charge in [-0.05, 0) is 0 Å². The van der Waals surface area contributed by atoms with Gasteiger partial charge in [0.25, 0.3) is 0 Å². The summed E-state index contributed by atoms with van der Waals surface area (Å²) in [6, 6.07) is 27.2. The first-order valence-electron chi connectivity index (χ1n) is 20.6. The third kappa shape index (κ3) is 10.8. The fourth-order valence-corrected chi connectivity index (χ4v) is 72.5. The van der Waals surface area contributed by atoms with Gasteiger partial charge in [0.2, 0.25) is 0 Å². The van der Waals surface area contributed by atoms with Crippen LogP contribution in [-0.2, 0) is 0 Å². The van der Waals surface area contributed by atoms with Gasteiger partial charge in [0, 0.05) is 36.9 Å². The maximum atomic E-state index is 2.54. The molecule has 45 heavy (non-hydrogen) atoms. The summed E-state index contributed by atoms with van der Waals surface area (Å²) in [5.41, 5.74) is 0. The summed E-state index contributed by atoms with van der Waals surface area (Å²) < 4.78 is 0. The van der Waals surface area contributed by atoms with Crippen LogP contribution in [0.15, 0.2) is 0 Å². The second kappa shape index (κ2) is 24.7. The van der Waals surface area contributed by atoms with Crippen molar-refractivity contribution in [1.29, 1.82) is 0 Å². The summed E-state index contributed by atoms with van der Waals surface area (Å²) in [5, 5.41) is 0. The Morgan fingerprint density at radius 1 is 0.200 bits per heavy atom. The van der Waals surface area contributed by atoms with E-state index in [0.29, 0.717) is 0 Å². The Bertz CT molecular complexity index is 500. The minimum absolute atomic E-state index is 0. The van der Waals surface area contributed by atoms with Gasteiger partial charge in [0.05, 0.1) is 0 Å². The molecule has 0 atom stereocenters. The van der Waals surface area contributed by atoms with E-state index in [2.05, 4.69) is 134 Å². The number of hydrogen-bond acceptors (Lipinski definition) is 0. The van der Waals surface area contributed by atoms with Gasteiger partial charge in [0.15, 0.2) is 0 Å². The third-order valence-corrected chi connectivity index (χ3v) is 65.2. The van der Waals surface area contributed by atoms with Crippen LogP contribution in [-0.4, -0.2) is 48.4 Å². The Balaban J connectivity index is -0.000000767. The van der Waals surface area contributed by atoms with Crippen LogP contribution in [0.2, 0.25) is 109 Å². The van der Waals surface area contributed by atoms with Crippen LogP contribution in [0.5, 0.6) is 0 Å². The number of hydrogen-bond donors (Lipinski definition) is 0. The molecule has 0 heterocycles. The fourth-order valence-electron chi connectivity index (χ4n) is 11.1. The summed E-state index contributed by atoms with van der Waals surface area (Å²) >= 11 is 0. The second-order valence-electron chi connectivity index (χ2n) is 14.8. The predicted octanol–water partition coefficient (Wildman–Crippen LogP) is 15.4. The van der Waals surface area contributed by atoms with Crippen LogP contribution in [0.3, 0.4) is 0 Å². The average molecular weight is 891 g/mol. The van der Waals surface area contributed by atoms with E-state index in [0.717, 1.165) is 0 Å². The molecule has 7 heteroatoms. The van der Waals surface area contributed by atoms with E-state index in [4.69, 9.17) is 0 Å². The maximum absolute atomic E-state index is 2.54. The van der Waals surface area contributed by atoms with Crippen molar-refractivity contribution in [3.8, 4) is 0 Å². The second-order valence-corrected chi connectivity index (χ2v) is 48.9. The van der Waals surface area contributed by atoms with Crippen LogP contribution < -0.4 is 0 Å². The van der Waals surface area contributed by atoms with E-state index in [1.807, 2.05) is 0 Å². The SMILES string of the molecule is CC[Si](CC)(CC)[C-]([Si](CC)(CC)CC)[Si](CC)(CC)CC.CC[Si](CC)(CC)[C-]([Si](CC)(CC)CC)[Si](CC)(CC)CC.[Lu]. The van der Waals surface area contributed by atoms with E-state index in [1.165, 1.54) is 109 Å². The summed E-state index contributed by atoms with van der Waals surface area (Å²) in [7, 11) is -7.22.